The highest BCUT2D eigenvalue weighted by molar-refractivity contribution is 5.71. The van der Waals surface area contributed by atoms with Gasteiger partial charge in [0.15, 0.2) is 0 Å². The molecule has 0 aliphatic heterocycles. The average molecular weight is 377 g/mol. The first-order chi connectivity index (χ1) is 12.9. The van der Waals surface area contributed by atoms with Crippen LogP contribution < -0.4 is 10.1 Å². The van der Waals surface area contributed by atoms with Gasteiger partial charge in [0.25, 0.3) is 0 Å². The first-order valence-electron chi connectivity index (χ1n) is 8.77. The Labute approximate surface area is 156 Å². The standard InChI is InChI=1S/C21H22F3NO2/c1-2-3-4-8-14-19(16-10-6-5-7-11-16)25-20(26)27-18-13-9-12-17(15-18)21(22,23)24/h5-15,19H,2-4H2,1H3,(H,25,26)/t19-/m1/s1. The van der Waals surface area contributed by atoms with Gasteiger partial charge in [0.05, 0.1) is 11.6 Å². The van der Waals surface area contributed by atoms with Gasteiger partial charge in [-0.05, 0) is 30.2 Å². The Balaban J connectivity index is 2.08. The normalized spacial score (nSPS) is 12.7. The Morgan fingerprint density at radius 2 is 1.89 bits per heavy atom. The molecule has 0 saturated heterocycles. The van der Waals surface area contributed by atoms with E-state index in [0.717, 1.165) is 37.0 Å². The van der Waals surface area contributed by atoms with Crippen LogP contribution in [0.25, 0.3) is 0 Å². The summed E-state index contributed by atoms with van der Waals surface area (Å²) < 4.78 is 43.4. The van der Waals surface area contributed by atoms with E-state index in [9.17, 15) is 18.0 Å². The lowest BCUT2D eigenvalue weighted by Crippen LogP contribution is -2.30. The van der Waals surface area contributed by atoms with Crippen LogP contribution in [0.3, 0.4) is 0 Å². The second-order valence-electron chi connectivity index (χ2n) is 6.02. The smallest absolute Gasteiger partial charge is 0.410 e. The third-order valence-corrected chi connectivity index (χ3v) is 3.86. The number of carbonyl (C=O) groups excluding carboxylic acids is 1. The molecule has 0 bridgehead atoms. The molecule has 0 fully saturated rings. The largest absolute Gasteiger partial charge is 0.416 e. The molecule has 0 aromatic heterocycles. The molecule has 1 N–H and O–H groups in total. The molecule has 27 heavy (non-hydrogen) atoms. The predicted octanol–water partition coefficient (Wildman–Crippen LogP) is 6.28. The van der Waals surface area contributed by atoms with Gasteiger partial charge in [-0.25, -0.2) is 4.79 Å². The van der Waals surface area contributed by atoms with E-state index in [4.69, 9.17) is 4.74 Å². The van der Waals surface area contributed by atoms with Crippen LogP contribution in [0.1, 0.15) is 43.4 Å². The van der Waals surface area contributed by atoms with E-state index < -0.39 is 23.9 Å². The van der Waals surface area contributed by atoms with Gasteiger partial charge in [0, 0.05) is 0 Å². The number of carbonyl (C=O) groups is 1. The van der Waals surface area contributed by atoms with Gasteiger partial charge in [-0.2, -0.15) is 13.2 Å². The Morgan fingerprint density at radius 3 is 2.56 bits per heavy atom. The fraction of sp³-hybridized carbons (Fsp3) is 0.286. The number of ether oxygens (including phenoxy) is 1. The molecule has 144 valence electrons. The molecule has 3 nitrogen and oxygen atoms in total. The third-order valence-electron chi connectivity index (χ3n) is 3.86. The summed E-state index contributed by atoms with van der Waals surface area (Å²) in [5, 5.41) is 2.69. The number of hydrogen-bond donors (Lipinski definition) is 1. The topological polar surface area (TPSA) is 38.3 Å². The Kier molecular flexibility index (Phi) is 7.46. The second-order valence-corrected chi connectivity index (χ2v) is 6.02. The van der Waals surface area contributed by atoms with Crippen LogP contribution in [0.15, 0.2) is 66.7 Å². The Bertz CT molecular complexity index is 758. The highest BCUT2D eigenvalue weighted by atomic mass is 19.4. The van der Waals surface area contributed by atoms with Crippen LogP contribution in [0, 0.1) is 0 Å². The summed E-state index contributed by atoms with van der Waals surface area (Å²) in [7, 11) is 0. The van der Waals surface area contributed by atoms with E-state index in [1.807, 2.05) is 42.5 Å². The second kappa shape index (κ2) is 9.80. The summed E-state index contributed by atoms with van der Waals surface area (Å²) in [5.74, 6) is -0.163. The summed E-state index contributed by atoms with van der Waals surface area (Å²) >= 11 is 0. The van der Waals surface area contributed by atoms with Crippen molar-refractivity contribution in [2.45, 2.75) is 38.4 Å². The number of hydrogen-bond acceptors (Lipinski definition) is 2. The average Bonchev–Trinajstić information content (AvgIpc) is 2.64. The van der Waals surface area contributed by atoms with Gasteiger partial charge < -0.3 is 10.1 Å². The number of unbranched alkanes of at least 4 members (excludes halogenated alkanes) is 2. The van der Waals surface area contributed by atoms with Crippen molar-refractivity contribution >= 4 is 6.09 Å². The highest BCUT2D eigenvalue weighted by Gasteiger charge is 2.30. The number of halogens is 3. The van der Waals surface area contributed by atoms with Crippen LogP contribution in [0.4, 0.5) is 18.0 Å². The molecule has 6 heteroatoms. The molecule has 0 radical (unpaired) electrons. The third kappa shape index (κ3) is 6.81. The van der Waals surface area contributed by atoms with Crippen molar-refractivity contribution in [2.75, 3.05) is 0 Å². The Morgan fingerprint density at radius 1 is 1.15 bits per heavy atom. The minimum absolute atomic E-state index is 0.163. The van der Waals surface area contributed by atoms with Gasteiger partial charge in [-0.1, -0.05) is 68.3 Å². The van der Waals surface area contributed by atoms with Gasteiger partial charge in [0.2, 0.25) is 0 Å². The van der Waals surface area contributed by atoms with Crippen molar-refractivity contribution in [2.24, 2.45) is 0 Å². The van der Waals surface area contributed by atoms with Crippen molar-refractivity contribution < 1.29 is 22.7 Å². The van der Waals surface area contributed by atoms with E-state index in [-0.39, 0.29) is 5.75 Å². The number of benzene rings is 2. The first kappa shape index (κ1) is 20.6. The van der Waals surface area contributed by atoms with Gasteiger partial charge >= 0.3 is 12.3 Å². The lowest BCUT2D eigenvalue weighted by Gasteiger charge is -2.16. The molecule has 2 aromatic carbocycles. The fourth-order valence-corrected chi connectivity index (χ4v) is 2.46. The maximum atomic E-state index is 12.8. The zero-order valence-corrected chi connectivity index (χ0v) is 15.0. The lowest BCUT2D eigenvalue weighted by molar-refractivity contribution is -0.137. The van der Waals surface area contributed by atoms with E-state index in [1.165, 1.54) is 12.1 Å². The molecule has 0 heterocycles. The molecule has 0 saturated carbocycles. The molecule has 0 spiro atoms. The number of allylic oxidation sites excluding steroid dienone is 1. The van der Waals surface area contributed by atoms with Gasteiger partial charge in [-0.3, -0.25) is 0 Å². The maximum absolute atomic E-state index is 12.8. The molecule has 0 aliphatic carbocycles. The molecular formula is C21H22F3NO2. The molecule has 2 aromatic rings. The van der Waals surface area contributed by atoms with Crippen LogP contribution >= 0.6 is 0 Å². The van der Waals surface area contributed by atoms with Crippen LogP contribution in [-0.4, -0.2) is 6.09 Å². The monoisotopic (exact) mass is 377 g/mol. The quantitative estimate of drug-likeness (QED) is 0.455. The van der Waals surface area contributed by atoms with E-state index in [0.29, 0.717) is 0 Å². The van der Waals surface area contributed by atoms with Crippen molar-refractivity contribution in [3.05, 3.63) is 77.9 Å². The number of amides is 1. The summed E-state index contributed by atoms with van der Waals surface area (Å²) in [5.41, 5.74) is -0.0156. The zero-order chi connectivity index (χ0) is 19.7. The predicted molar refractivity (Wildman–Crippen MR) is 98.5 cm³/mol. The first-order valence-corrected chi connectivity index (χ1v) is 8.77. The van der Waals surface area contributed by atoms with Crippen LogP contribution in [-0.2, 0) is 6.18 Å². The van der Waals surface area contributed by atoms with E-state index in [2.05, 4.69) is 12.2 Å². The molecule has 1 amide bonds. The molecular weight excluding hydrogens is 355 g/mol. The highest BCUT2D eigenvalue weighted by Crippen LogP contribution is 2.31. The van der Waals surface area contributed by atoms with Crippen LogP contribution in [0.2, 0.25) is 0 Å². The van der Waals surface area contributed by atoms with Gasteiger partial charge in [-0.15, -0.1) is 0 Å². The van der Waals surface area contributed by atoms with Crippen molar-refractivity contribution in [3.63, 3.8) is 0 Å². The number of alkyl halides is 3. The van der Waals surface area contributed by atoms with Gasteiger partial charge in [0.1, 0.15) is 5.75 Å². The molecule has 0 unspecified atom stereocenters. The maximum Gasteiger partial charge on any atom is 0.416 e. The van der Waals surface area contributed by atoms with Crippen molar-refractivity contribution in [3.8, 4) is 5.75 Å². The molecule has 2 rings (SSSR count). The minimum atomic E-state index is -4.50. The summed E-state index contributed by atoms with van der Waals surface area (Å²) in [6.45, 7) is 2.09. The summed E-state index contributed by atoms with van der Waals surface area (Å²) in [4.78, 5) is 12.2. The summed E-state index contributed by atoms with van der Waals surface area (Å²) in [6.07, 6.45) is 1.50. The SMILES string of the molecule is CCCCC=C[C@@H](NC(=O)Oc1cccc(C(F)(F)F)c1)c1ccccc1. The Hall–Kier alpha value is -2.76. The zero-order valence-electron chi connectivity index (χ0n) is 15.0. The van der Waals surface area contributed by atoms with Crippen LogP contribution in [0.5, 0.6) is 5.75 Å². The number of rotatable bonds is 7. The molecule has 0 aliphatic rings. The van der Waals surface area contributed by atoms with Crippen molar-refractivity contribution in [1.82, 2.24) is 5.32 Å². The summed E-state index contributed by atoms with van der Waals surface area (Å²) in [6, 6.07) is 13.1. The fourth-order valence-electron chi connectivity index (χ4n) is 2.46. The van der Waals surface area contributed by atoms with E-state index >= 15 is 0 Å². The lowest BCUT2D eigenvalue weighted by atomic mass is 10.1. The minimum Gasteiger partial charge on any atom is -0.410 e. The van der Waals surface area contributed by atoms with E-state index in [1.54, 1.807) is 0 Å². The number of nitrogens with one attached hydrogen (secondary N) is 1. The molecule has 1 atom stereocenters. The van der Waals surface area contributed by atoms with Crippen molar-refractivity contribution in [1.29, 1.82) is 0 Å².